The molecule has 0 saturated carbocycles. The maximum atomic E-state index is 12.5. The number of carbonyl (C=O) groups is 2. The number of hydrogen-bond acceptors (Lipinski definition) is 5. The Morgan fingerprint density at radius 2 is 2.25 bits per heavy atom. The first-order chi connectivity index (χ1) is 11.1. The van der Waals surface area contributed by atoms with Gasteiger partial charge >= 0.3 is 6.09 Å². The molecular formula is C17H31N3O4. The molecule has 0 aromatic heterocycles. The van der Waals surface area contributed by atoms with Crippen LogP contribution in [0, 0.1) is 0 Å². The summed E-state index contributed by atoms with van der Waals surface area (Å²) in [6, 6.07) is -0.0542. The second kappa shape index (κ2) is 7.27. The fourth-order valence-corrected chi connectivity index (χ4v) is 3.09. The van der Waals surface area contributed by atoms with E-state index in [9.17, 15) is 9.59 Å². The third kappa shape index (κ3) is 5.08. The molecule has 0 bridgehead atoms. The van der Waals surface area contributed by atoms with Crippen molar-refractivity contribution < 1.29 is 19.1 Å². The molecule has 2 fully saturated rings. The molecule has 0 aliphatic carbocycles. The van der Waals surface area contributed by atoms with Crippen molar-refractivity contribution >= 4 is 12.0 Å². The Morgan fingerprint density at radius 1 is 1.54 bits per heavy atom. The molecule has 138 valence electrons. The van der Waals surface area contributed by atoms with Gasteiger partial charge in [-0.05, 0) is 41.0 Å². The highest BCUT2D eigenvalue weighted by Gasteiger charge is 2.37. The van der Waals surface area contributed by atoms with Crippen LogP contribution in [0.4, 0.5) is 4.79 Å². The highest BCUT2D eigenvalue weighted by Crippen LogP contribution is 2.20. The van der Waals surface area contributed by atoms with Gasteiger partial charge in [-0.2, -0.15) is 0 Å². The molecule has 2 amide bonds. The third-order valence-electron chi connectivity index (χ3n) is 4.53. The average Bonchev–Trinajstić information content (AvgIpc) is 2.83. The quantitative estimate of drug-likeness (QED) is 0.805. The van der Waals surface area contributed by atoms with Gasteiger partial charge in [-0.15, -0.1) is 0 Å². The van der Waals surface area contributed by atoms with Crippen LogP contribution in [-0.2, 0) is 14.3 Å². The third-order valence-corrected chi connectivity index (χ3v) is 4.53. The van der Waals surface area contributed by atoms with Gasteiger partial charge in [-0.1, -0.05) is 0 Å². The minimum atomic E-state index is -0.516. The molecule has 2 aliphatic heterocycles. The number of ether oxygens (including phenoxy) is 2. The van der Waals surface area contributed by atoms with Crippen LogP contribution in [-0.4, -0.2) is 66.4 Å². The summed E-state index contributed by atoms with van der Waals surface area (Å²) in [4.78, 5) is 25.7. The van der Waals surface area contributed by atoms with Gasteiger partial charge in [0.25, 0.3) is 0 Å². The SMILES string of the molecule is CC(NCC1(C)CCC(=O)N1)C1COCCN1C(=O)OC(C)(C)C. The van der Waals surface area contributed by atoms with Crippen molar-refractivity contribution in [2.24, 2.45) is 0 Å². The van der Waals surface area contributed by atoms with Crippen LogP contribution in [0.2, 0.25) is 0 Å². The van der Waals surface area contributed by atoms with Gasteiger partial charge in [0, 0.05) is 25.6 Å². The maximum Gasteiger partial charge on any atom is 0.410 e. The van der Waals surface area contributed by atoms with E-state index in [-0.39, 0.29) is 29.6 Å². The van der Waals surface area contributed by atoms with Gasteiger partial charge in [0.05, 0.1) is 24.8 Å². The highest BCUT2D eigenvalue weighted by molar-refractivity contribution is 5.79. The summed E-state index contributed by atoms with van der Waals surface area (Å²) >= 11 is 0. The van der Waals surface area contributed by atoms with Crippen molar-refractivity contribution in [2.75, 3.05) is 26.3 Å². The Labute approximate surface area is 144 Å². The molecule has 24 heavy (non-hydrogen) atoms. The first kappa shape index (κ1) is 19.0. The molecule has 3 atom stereocenters. The van der Waals surface area contributed by atoms with Gasteiger partial charge < -0.3 is 20.1 Å². The van der Waals surface area contributed by atoms with E-state index < -0.39 is 5.60 Å². The monoisotopic (exact) mass is 341 g/mol. The van der Waals surface area contributed by atoms with Gasteiger partial charge in [-0.25, -0.2) is 4.79 Å². The Morgan fingerprint density at radius 3 is 2.83 bits per heavy atom. The summed E-state index contributed by atoms with van der Waals surface area (Å²) in [5.74, 6) is 0.100. The largest absolute Gasteiger partial charge is 0.444 e. The van der Waals surface area contributed by atoms with E-state index in [1.165, 1.54) is 0 Å². The van der Waals surface area contributed by atoms with E-state index in [0.29, 0.717) is 32.7 Å². The average molecular weight is 341 g/mol. The van der Waals surface area contributed by atoms with E-state index in [1.54, 1.807) is 4.90 Å². The molecule has 0 aromatic carbocycles. The summed E-state index contributed by atoms with van der Waals surface area (Å²) < 4.78 is 11.1. The minimum absolute atomic E-state index is 0.0344. The number of hydrogen-bond donors (Lipinski definition) is 2. The lowest BCUT2D eigenvalue weighted by molar-refractivity contribution is -0.119. The molecule has 3 unspecified atom stereocenters. The highest BCUT2D eigenvalue weighted by atomic mass is 16.6. The molecule has 0 aromatic rings. The molecule has 2 N–H and O–H groups in total. The van der Waals surface area contributed by atoms with Crippen molar-refractivity contribution in [3.05, 3.63) is 0 Å². The molecule has 0 spiro atoms. The lowest BCUT2D eigenvalue weighted by atomic mass is 9.99. The predicted molar refractivity (Wildman–Crippen MR) is 90.8 cm³/mol. The molecule has 2 rings (SSSR count). The predicted octanol–water partition coefficient (Wildman–Crippen LogP) is 1.27. The molecule has 7 heteroatoms. The van der Waals surface area contributed by atoms with E-state index in [4.69, 9.17) is 9.47 Å². The molecule has 2 aliphatic rings. The van der Waals surface area contributed by atoms with Gasteiger partial charge in [0.15, 0.2) is 0 Å². The molecular weight excluding hydrogens is 310 g/mol. The fraction of sp³-hybridized carbons (Fsp3) is 0.882. The summed E-state index contributed by atoms with van der Waals surface area (Å²) in [6.07, 6.45) is 1.09. The minimum Gasteiger partial charge on any atom is -0.444 e. The Balaban J connectivity index is 1.93. The summed E-state index contributed by atoms with van der Waals surface area (Å²) in [6.45, 7) is 11.9. The van der Waals surface area contributed by atoms with Crippen molar-refractivity contribution in [3.63, 3.8) is 0 Å². The zero-order valence-electron chi connectivity index (χ0n) is 15.5. The fourth-order valence-electron chi connectivity index (χ4n) is 3.09. The maximum absolute atomic E-state index is 12.5. The van der Waals surface area contributed by atoms with Crippen LogP contribution >= 0.6 is 0 Å². The zero-order valence-corrected chi connectivity index (χ0v) is 15.5. The van der Waals surface area contributed by atoms with Crippen molar-refractivity contribution in [1.29, 1.82) is 0 Å². The molecule has 2 saturated heterocycles. The lowest BCUT2D eigenvalue weighted by Gasteiger charge is -2.40. The first-order valence-electron chi connectivity index (χ1n) is 8.71. The van der Waals surface area contributed by atoms with Crippen LogP contribution in [0.15, 0.2) is 0 Å². The topological polar surface area (TPSA) is 79.9 Å². The zero-order chi connectivity index (χ0) is 18.0. The van der Waals surface area contributed by atoms with E-state index in [0.717, 1.165) is 6.42 Å². The van der Waals surface area contributed by atoms with E-state index in [2.05, 4.69) is 10.6 Å². The van der Waals surface area contributed by atoms with E-state index in [1.807, 2.05) is 34.6 Å². The van der Waals surface area contributed by atoms with Crippen LogP contribution in [0.25, 0.3) is 0 Å². The molecule has 0 radical (unpaired) electrons. The van der Waals surface area contributed by atoms with Crippen LogP contribution in [0.5, 0.6) is 0 Å². The van der Waals surface area contributed by atoms with Crippen LogP contribution in [0.1, 0.15) is 47.5 Å². The number of nitrogens with zero attached hydrogens (tertiary/aromatic N) is 1. The Bertz CT molecular complexity index is 477. The summed E-state index contributed by atoms with van der Waals surface area (Å²) in [7, 11) is 0. The molecule has 7 nitrogen and oxygen atoms in total. The number of carbonyl (C=O) groups excluding carboxylic acids is 2. The Hall–Kier alpha value is -1.34. The van der Waals surface area contributed by atoms with Crippen LogP contribution in [0.3, 0.4) is 0 Å². The number of rotatable bonds is 4. The van der Waals surface area contributed by atoms with Gasteiger partial charge in [0.2, 0.25) is 5.91 Å². The number of amides is 2. The normalized spacial score (nSPS) is 29.3. The Kier molecular flexibility index (Phi) is 5.75. The number of nitrogens with one attached hydrogen (secondary N) is 2. The van der Waals surface area contributed by atoms with E-state index >= 15 is 0 Å². The summed E-state index contributed by atoms with van der Waals surface area (Å²) in [5, 5.41) is 6.47. The summed E-state index contributed by atoms with van der Waals surface area (Å²) in [5.41, 5.74) is -0.740. The smallest absolute Gasteiger partial charge is 0.410 e. The van der Waals surface area contributed by atoms with Gasteiger partial charge in [-0.3, -0.25) is 9.69 Å². The molecule has 2 heterocycles. The second-order valence-corrected chi connectivity index (χ2v) is 8.09. The second-order valence-electron chi connectivity index (χ2n) is 8.09. The first-order valence-corrected chi connectivity index (χ1v) is 8.71. The standard InChI is InChI=1S/C17H31N3O4/c1-12(18-11-17(5)7-6-14(21)19-17)13-10-23-9-8-20(13)15(22)24-16(2,3)4/h12-13,18H,6-11H2,1-5H3,(H,19,21). The number of morpholine rings is 1. The van der Waals surface area contributed by atoms with Gasteiger partial charge in [0.1, 0.15) is 5.60 Å². The lowest BCUT2D eigenvalue weighted by Crippen LogP contribution is -2.60. The van der Waals surface area contributed by atoms with Crippen molar-refractivity contribution in [2.45, 2.75) is 70.7 Å². The van der Waals surface area contributed by atoms with Crippen LogP contribution < -0.4 is 10.6 Å². The van der Waals surface area contributed by atoms with Crippen molar-refractivity contribution in [1.82, 2.24) is 15.5 Å². The van der Waals surface area contributed by atoms with Crippen molar-refractivity contribution in [3.8, 4) is 0 Å².